The smallest absolute Gasteiger partial charge is 0.241 e. The number of aliphatic hydroxyl groups is 1. The van der Waals surface area contributed by atoms with Gasteiger partial charge in [0.1, 0.15) is 11.3 Å². The van der Waals surface area contributed by atoms with Crippen LogP contribution in [0.3, 0.4) is 0 Å². The van der Waals surface area contributed by atoms with Crippen molar-refractivity contribution >= 4 is 40.1 Å². The Kier molecular flexibility index (Phi) is 6.50. The van der Waals surface area contributed by atoms with Crippen LogP contribution in [-0.2, 0) is 4.79 Å². The predicted molar refractivity (Wildman–Crippen MR) is 132 cm³/mol. The molecular weight excluding hydrogens is 432 g/mol. The zero-order valence-electron chi connectivity index (χ0n) is 19.4. The van der Waals surface area contributed by atoms with Gasteiger partial charge in [-0.3, -0.25) is 4.79 Å². The van der Waals surface area contributed by atoms with E-state index in [1.165, 1.54) is 6.42 Å². The van der Waals surface area contributed by atoms with E-state index in [0.717, 1.165) is 60.6 Å². The first-order chi connectivity index (χ1) is 16.6. The van der Waals surface area contributed by atoms with E-state index in [4.69, 9.17) is 9.97 Å². The molecule has 1 atom stereocenters. The molecule has 5 heterocycles. The Morgan fingerprint density at radius 1 is 1.12 bits per heavy atom. The van der Waals surface area contributed by atoms with Crippen molar-refractivity contribution in [1.82, 2.24) is 25.3 Å². The molecule has 2 aliphatic rings. The van der Waals surface area contributed by atoms with Crippen molar-refractivity contribution in [2.45, 2.75) is 32.1 Å². The van der Waals surface area contributed by atoms with Crippen molar-refractivity contribution in [1.29, 1.82) is 0 Å². The summed E-state index contributed by atoms with van der Waals surface area (Å²) in [6.07, 6.45) is 6.97. The van der Waals surface area contributed by atoms with Crippen LogP contribution in [0.1, 0.15) is 37.8 Å². The highest BCUT2D eigenvalue weighted by atomic mass is 16.3. The summed E-state index contributed by atoms with van der Waals surface area (Å²) in [5.74, 6) is 1.87. The van der Waals surface area contributed by atoms with Crippen LogP contribution in [-0.4, -0.2) is 70.3 Å². The standard InChI is InChI=1S/C24H30N8O2/c1-16(15-33)19-11-17-12-27-24(30-22(17)23(28-19)31-8-3-2-4-9-31)29-20-6-5-18(13-26-20)32-10-7-25-14-21(32)34/h5-6,11-13,16,25,33H,2-4,7-10,14-15H2,1H3,(H,26,27,29,30)/t16-/m0/s1. The van der Waals surface area contributed by atoms with Crippen LogP contribution >= 0.6 is 0 Å². The van der Waals surface area contributed by atoms with Crippen molar-refractivity contribution in [3.63, 3.8) is 0 Å². The fraction of sp³-hybridized carbons (Fsp3) is 0.458. The van der Waals surface area contributed by atoms with Gasteiger partial charge in [-0.25, -0.2) is 19.9 Å². The number of amides is 1. The van der Waals surface area contributed by atoms with Gasteiger partial charge in [0, 0.05) is 49.4 Å². The van der Waals surface area contributed by atoms with Crippen LogP contribution in [0.4, 0.5) is 23.3 Å². The number of carbonyl (C=O) groups is 1. The minimum absolute atomic E-state index is 0.0410. The molecule has 34 heavy (non-hydrogen) atoms. The molecule has 2 saturated heterocycles. The number of aromatic nitrogens is 4. The van der Waals surface area contributed by atoms with Gasteiger partial charge in [-0.2, -0.15) is 0 Å². The van der Waals surface area contributed by atoms with E-state index in [2.05, 4.69) is 25.5 Å². The van der Waals surface area contributed by atoms with Crippen LogP contribution in [0.5, 0.6) is 0 Å². The van der Waals surface area contributed by atoms with E-state index >= 15 is 0 Å². The molecule has 0 spiro atoms. The Morgan fingerprint density at radius 2 is 1.97 bits per heavy atom. The van der Waals surface area contributed by atoms with Gasteiger partial charge in [0.15, 0.2) is 5.82 Å². The first-order valence-electron chi connectivity index (χ1n) is 11.9. The number of nitrogens with one attached hydrogen (secondary N) is 2. The van der Waals surface area contributed by atoms with Crippen molar-refractivity contribution in [3.8, 4) is 0 Å². The van der Waals surface area contributed by atoms with Crippen LogP contribution in [0, 0.1) is 0 Å². The molecule has 3 N–H and O–H groups in total. The highest BCUT2D eigenvalue weighted by Crippen LogP contribution is 2.30. The maximum absolute atomic E-state index is 12.1. The van der Waals surface area contributed by atoms with E-state index in [0.29, 0.717) is 24.9 Å². The Morgan fingerprint density at radius 3 is 2.71 bits per heavy atom. The molecule has 0 aliphatic carbocycles. The average molecular weight is 463 g/mol. The molecule has 0 saturated carbocycles. The molecule has 0 radical (unpaired) electrons. The molecule has 1 amide bonds. The first kappa shape index (κ1) is 22.4. The van der Waals surface area contributed by atoms with Gasteiger partial charge in [-0.05, 0) is 37.5 Å². The van der Waals surface area contributed by atoms with E-state index in [-0.39, 0.29) is 18.4 Å². The minimum atomic E-state index is -0.0592. The Labute approximate surface area is 198 Å². The number of carbonyl (C=O) groups excluding carboxylic acids is 1. The largest absolute Gasteiger partial charge is 0.396 e. The summed E-state index contributed by atoms with van der Waals surface area (Å²) in [6.45, 7) is 5.64. The maximum Gasteiger partial charge on any atom is 0.241 e. The lowest BCUT2D eigenvalue weighted by molar-refractivity contribution is -0.118. The average Bonchev–Trinajstić information content (AvgIpc) is 2.89. The monoisotopic (exact) mass is 462 g/mol. The summed E-state index contributed by atoms with van der Waals surface area (Å²) in [6, 6.07) is 5.67. The lowest BCUT2D eigenvalue weighted by Crippen LogP contribution is -2.48. The topological polar surface area (TPSA) is 119 Å². The number of aliphatic hydroxyl groups excluding tert-OH is 1. The third-order valence-electron chi connectivity index (χ3n) is 6.39. The number of hydrogen-bond acceptors (Lipinski definition) is 9. The second-order valence-electron chi connectivity index (χ2n) is 8.88. The SMILES string of the molecule is C[C@@H](CO)c1cc2cnc(Nc3ccc(N4CCNCC4=O)cn3)nc2c(N2CCCCC2)n1. The van der Waals surface area contributed by atoms with Crippen molar-refractivity contribution in [2.75, 3.05) is 54.4 Å². The predicted octanol–water partition coefficient (Wildman–Crippen LogP) is 2.19. The molecule has 10 nitrogen and oxygen atoms in total. The number of anilines is 4. The van der Waals surface area contributed by atoms with E-state index in [1.54, 1.807) is 17.3 Å². The van der Waals surface area contributed by atoms with Crippen molar-refractivity contribution < 1.29 is 9.90 Å². The zero-order chi connectivity index (χ0) is 23.5. The summed E-state index contributed by atoms with van der Waals surface area (Å²) >= 11 is 0. The van der Waals surface area contributed by atoms with Crippen LogP contribution in [0.2, 0.25) is 0 Å². The lowest BCUT2D eigenvalue weighted by Gasteiger charge is -2.29. The highest BCUT2D eigenvalue weighted by molar-refractivity contribution is 5.95. The van der Waals surface area contributed by atoms with Crippen LogP contribution in [0.25, 0.3) is 10.9 Å². The summed E-state index contributed by atoms with van der Waals surface area (Å²) in [5, 5.41) is 16.8. The number of nitrogens with zero attached hydrogens (tertiary/aromatic N) is 6. The summed E-state index contributed by atoms with van der Waals surface area (Å²) in [5.41, 5.74) is 2.41. The quantitative estimate of drug-likeness (QED) is 0.506. The van der Waals surface area contributed by atoms with Gasteiger partial charge in [0.05, 0.1) is 25.0 Å². The van der Waals surface area contributed by atoms with Gasteiger partial charge < -0.3 is 25.5 Å². The maximum atomic E-state index is 12.1. The number of piperazine rings is 1. The number of piperidine rings is 1. The summed E-state index contributed by atoms with van der Waals surface area (Å²) in [7, 11) is 0. The van der Waals surface area contributed by atoms with E-state index in [1.807, 2.05) is 25.1 Å². The number of pyridine rings is 2. The van der Waals surface area contributed by atoms with Gasteiger partial charge >= 0.3 is 0 Å². The second-order valence-corrected chi connectivity index (χ2v) is 8.88. The normalized spacial score (nSPS) is 17.8. The number of rotatable bonds is 6. The molecule has 2 fully saturated rings. The Hall–Kier alpha value is -3.37. The van der Waals surface area contributed by atoms with E-state index < -0.39 is 0 Å². The lowest BCUT2D eigenvalue weighted by atomic mass is 10.1. The summed E-state index contributed by atoms with van der Waals surface area (Å²) in [4.78, 5) is 34.8. The third-order valence-corrected chi connectivity index (χ3v) is 6.39. The minimum Gasteiger partial charge on any atom is -0.396 e. The number of hydrogen-bond donors (Lipinski definition) is 3. The first-order valence-corrected chi connectivity index (χ1v) is 11.9. The van der Waals surface area contributed by atoms with Gasteiger partial charge in [0.25, 0.3) is 0 Å². The Balaban J connectivity index is 1.43. The molecule has 0 unspecified atom stereocenters. The van der Waals surface area contributed by atoms with Crippen molar-refractivity contribution in [3.05, 3.63) is 36.3 Å². The van der Waals surface area contributed by atoms with Gasteiger partial charge in [-0.1, -0.05) is 6.92 Å². The Bertz CT molecular complexity index is 1160. The highest BCUT2D eigenvalue weighted by Gasteiger charge is 2.21. The van der Waals surface area contributed by atoms with Crippen LogP contribution in [0.15, 0.2) is 30.6 Å². The number of fused-ring (bicyclic) bond motifs is 1. The van der Waals surface area contributed by atoms with E-state index in [9.17, 15) is 9.90 Å². The molecule has 3 aromatic rings. The van der Waals surface area contributed by atoms with Gasteiger partial charge in [-0.15, -0.1) is 0 Å². The zero-order valence-corrected chi connectivity index (χ0v) is 19.4. The molecule has 0 aromatic carbocycles. The molecular formula is C24H30N8O2. The molecule has 5 rings (SSSR count). The molecule has 178 valence electrons. The van der Waals surface area contributed by atoms with Crippen molar-refractivity contribution in [2.24, 2.45) is 0 Å². The second kappa shape index (κ2) is 9.86. The third kappa shape index (κ3) is 4.64. The molecule has 0 bridgehead atoms. The molecule has 10 heteroatoms. The fourth-order valence-electron chi connectivity index (χ4n) is 4.39. The van der Waals surface area contributed by atoms with Crippen LogP contribution < -0.4 is 20.4 Å². The molecule has 3 aromatic heterocycles. The van der Waals surface area contributed by atoms with Gasteiger partial charge in [0.2, 0.25) is 11.9 Å². The fourth-order valence-corrected chi connectivity index (χ4v) is 4.39. The summed E-state index contributed by atoms with van der Waals surface area (Å²) < 4.78 is 0. The molecule has 2 aliphatic heterocycles.